The number of imidazole rings is 1. The van der Waals surface area contributed by atoms with Gasteiger partial charge in [0.1, 0.15) is 0 Å². The summed E-state index contributed by atoms with van der Waals surface area (Å²) in [7, 11) is 0. The summed E-state index contributed by atoms with van der Waals surface area (Å²) in [6.45, 7) is 3.83. The van der Waals surface area contributed by atoms with Crippen LogP contribution in [0.5, 0.6) is 0 Å². The van der Waals surface area contributed by atoms with Crippen LogP contribution in [0, 0.1) is 0 Å². The number of ether oxygens (including phenoxy) is 1. The van der Waals surface area contributed by atoms with Crippen molar-refractivity contribution in [3.05, 3.63) is 59.2 Å². The van der Waals surface area contributed by atoms with E-state index in [1.807, 2.05) is 27.7 Å². The number of anilines is 1. The quantitative estimate of drug-likeness (QED) is 0.569. The van der Waals surface area contributed by atoms with E-state index in [9.17, 15) is 14.4 Å². The fourth-order valence-electron chi connectivity index (χ4n) is 5.15. The molecule has 2 fully saturated rings. The van der Waals surface area contributed by atoms with Gasteiger partial charge in [-0.1, -0.05) is 12.1 Å². The second-order valence-corrected chi connectivity index (χ2v) is 10.3. The van der Waals surface area contributed by atoms with Gasteiger partial charge in [0.05, 0.1) is 28.8 Å². The topological polar surface area (TPSA) is 106 Å². The van der Waals surface area contributed by atoms with Crippen molar-refractivity contribution < 1.29 is 19.1 Å². The van der Waals surface area contributed by atoms with Crippen LogP contribution in [-0.2, 0) is 4.74 Å². The number of hydrogen-bond donors (Lipinski definition) is 2. The van der Waals surface area contributed by atoms with Crippen LogP contribution >= 0.6 is 0 Å². The summed E-state index contributed by atoms with van der Waals surface area (Å²) in [5.41, 5.74) is 2.79. The molecule has 2 aliphatic heterocycles. The Kier molecular flexibility index (Phi) is 6.16. The predicted octanol–water partition coefficient (Wildman–Crippen LogP) is 3.77. The van der Waals surface area contributed by atoms with Crippen LogP contribution < -0.4 is 10.6 Å². The van der Waals surface area contributed by atoms with Gasteiger partial charge in [0.2, 0.25) is 5.95 Å². The molecule has 0 spiro atoms. The number of benzene rings is 2. The number of likely N-dealkylation sites (tertiary alicyclic amines) is 1. The molecule has 0 radical (unpaired) electrons. The Balaban J connectivity index is 1.36. The summed E-state index contributed by atoms with van der Waals surface area (Å²) in [5.74, 6) is -0.187. The average molecular weight is 502 g/mol. The van der Waals surface area contributed by atoms with Crippen molar-refractivity contribution >= 4 is 34.7 Å². The molecule has 2 bridgehead atoms. The van der Waals surface area contributed by atoms with Gasteiger partial charge < -0.3 is 19.5 Å². The van der Waals surface area contributed by atoms with Crippen molar-refractivity contribution in [1.29, 1.82) is 0 Å². The van der Waals surface area contributed by atoms with Crippen LogP contribution in [0.4, 0.5) is 5.95 Å². The maximum atomic E-state index is 13.6. The minimum Gasteiger partial charge on any atom is -0.371 e. The molecule has 2 N–H and O–H groups in total. The van der Waals surface area contributed by atoms with Crippen molar-refractivity contribution in [1.82, 2.24) is 19.8 Å². The lowest BCUT2D eigenvalue weighted by Crippen LogP contribution is -2.55. The fraction of sp³-hybridized carbons (Fsp3) is 0.429. The normalized spacial score (nSPS) is 21.0. The van der Waals surface area contributed by atoms with Gasteiger partial charge in [0, 0.05) is 36.8 Å². The molecule has 3 aromatic rings. The molecule has 1 saturated carbocycles. The van der Waals surface area contributed by atoms with Gasteiger partial charge in [-0.2, -0.15) is 0 Å². The highest BCUT2D eigenvalue weighted by atomic mass is 16.5. The van der Waals surface area contributed by atoms with Crippen molar-refractivity contribution in [3.63, 3.8) is 0 Å². The third-order valence-electron chi connectivity index (χ3n) is 7.37. The van der Waals surface area contributed by atoms with Gasteiger partial charge in [-0.15, -0.1) is 0 Å². The molecule has 1 aliphatic carbocycles. The first kappa shape index (κ1) is 23.7. The largest absolute Gasteiger partial charge is 0.371 e. The van der Waals surface area contributed by atoms with E-state index in [1.165, 1.54) is 0 Å². The molecule has 1 saturated heterocycles. The number of amides is 3. The van der Waals surface area contributed by atoms with E-state index >= 15 is 0 Å². The SMILES string of the molecule is C[C@H]1CCCCNC(=O)c2cccc(c2)C(=O)Nc2nc3cccc(C(=O)N4CC(OC5CC5)C4)c3n21. The van der Waals surface area contributed by atoms with E-state index in [4.69, 9.17) is 9.72 Å². The lowest BCUT2D eigenvalue weighted by atomic mass is 10.1. The highest BCUT2D eigenvalue weighted by Gasteiger charge is 2.37. The minimum absolute atomic E-state index is 0.0263. The highest BCUT2D eigenvalue weighted by Crippen LogP contribution is 2.33. The minimum atomic E-state index is -0.355. The fourth-order valence-corrected chi connectivity index (χ4v) is 5.15. The molecule has 3 amide bonds. The Bertz CT molecular complexity index is 1370. The molecule has 2 aromatic carbocycles. The third kappa shape index (κ3) is 4.71. The molecule has 1 atom stereocenters. The molecule has 192 valence electrons. The maximum Gasteiger partial charge on any atom is 0.257 e. The van der Waals surface area contributed by atoms with E-state index in [0.29, 0.717) is 53.9 Å². The van der Waals surface area contributed by atoms with Crippen molar-refractivity contribution in [3.8, 4) is 0 Å². The van der Waals surface area contributed by atoms with Crippen LogP contribution in [0.15, 0.2) is 42.5 Å². The van der Waals surface area contributed by atoms with Crippen LogP contribution in [0.2, 0.25) is 0 Å². The Morgan fingerprint density at radius 1 is 0.973 bits per heavy atom. The van der Waals surface area contributed by atoms with E-state index < -0.39 is 0 Å². The number of aromatic nitrogens is 2. The molecule has 6 rings (SSSR count). The Morgan fingerprint density at radius 2 is 1.73 bits per heavy atom. The zero-order chi connectivity index (χ0) is 25.5. The molecule has 9 nitrogen and oxygen atoms in total. The number of para-hydroxylation sites is 1. The van der Waals surface area contributed by atoms with Crippen molar-refractivity contribution in [2.75, 3.05) is 25.0 Å². The number of fused-ring (bicyclic) bond motifs is 5. The Labute approximate surface area is 215 Å². The molecular weight excluding hydrogens is 470 g/mol. The molecule has 9 heteroatoms. The zero-order valence-corrected chi connectivity index (χ0v) is 20.9. The molecule has 0 unspecified atom stereocenters. The van der Waals surface area contributed by atoms with Crippen LogP contribution in [0.3, 0.4) is 0 Å². The standard InChI is InChI=1S/C28H31N5O4/c1-17-6-2-3-13-29-25(34)18-7-4-8-19(14-18)26(35)31-28-30-23-10-5-9-22(24(23)33(17)28)27(36)32-15-21(16-32)37-20-11-12-20/h4-5,7-10,14,17,20-21H,2-3,6,11-13,15-16H2,1H3,(H,29,34)(H,30,31,35)/t17-/m0/s1. The maximum absolute atomic E-state index is 13.6. The first-order valence-corrected chi connectivity index (χ1v) is 13.1. The van der Waals surface area contributed by atoms with Gasteiger partial charge >= 0.3 is 0 Å². The van der Waals surface area contributed by atoms with E-state index in [0.717, 1.165) is 37.6 Å². The zero-order valence-electron chi connectivity index (χ0n) is 20.9. The van der Waals surface area contributed by atoms with E-state index in [1.54, 1.807) is 24.3 Å². The monoisotopic (exact) mass is 501 g/mol. The van der Waals surface area contributed by atoms with Gasteiger partial charge in [-0.05, 0) is 69.4 Å². The van der Waals surface area contributed by atoms with Crippen LogP contribution in [0.1, 0.15) is 76.1 Å². The Hall–Kier alpha value is -3.72. The first-order chi connectivity index (χ1) is 18.0. The van der Waals surface area contributed by atoms with E-state index in [2.05, 4.69) is 17.6 Å². The molecule has 1 aromatic heterocycles. The average Bonchev–Trinajstić information content (AvgIpc) is 3.62. The summed E-state index contributed by atoms with van der Waals surface area (Å²) < 4.78 is 7.94. The number of nitrogens with one attached hydrogen (secondary N) is 2. The smallest absolute Gasteiger partial charge is 0.257 e. The molecule has 37 heavy (non-hydrogen) atoms. The van der Waals surface area contributed by atoms with E-state index in [-0.39, 0.29) is 29.9 Å². The highest BCUT2D eigenvalue weighted by molar-refractivity contribution is 6.08. The predicted molar refractivity (Wildman–Crippen MR) is 139 cm³/mol. The lowest BCUT2D eigenvalue weighted by Gasteiger charge is -2.39. The summed E-state index contributed by atoms with van der Waals surface area (Å²) in [5, 5.41) is 5.89. The number of carbonyl (C=O) groups excluding carboxylic acids is 3. The molecular formula is C28H31N5O4. The van der Waals surface area contributed by atoms with Crippen LogP contribution in [-0.4, -0.2) is 64.0 Å². The van der Waals surface area contributed by atoms with Gasteiger partial charge in [-0.25, -0.2) is 4.98 Å². The van der Waals surface area contributed by atoms with Gasteiger partial charge in [0.15, 0.2) is 0 Å². The number of carbonyl (C=O) groups is 3. The second-order valence-electron chi connectivity index (χ2n) is 10.3. The molecule has 3 heterocycles. The summed E-state index contributed by atoms with van der Waals surface area (Å²) >= 11 is 0. The van der Waals surface area contributed by atoms with Crippen molar-refractivity contribution in [2.45, 2.75) is 57.3 Å². The van der Waals surface area contributed by atoms with Crippen molar-refractivity contribution in [2.24, 2.45) is 0 Å². The van der Waals surface area contributed by atoms with Crippen LogP contribution in [0.25, 0.3) is 11.0 Å². The van der Waals surface area contributed by atoms with Gasteiger partial charge in [0.25, 0.3) is 17.7 Å². The summed E-state index contributed by atoms with van der Waals surface area (Å²) in [6.07, 6.45) is 5.22. The van der Waals surface area contributed by atoms with Gasteiger partial charge in [-0.3, -0.25) is 19.7 Å². The Morgan fingerprint density at radius 3 is 2.51 bits per heavy atom. The second kappa shape index (κ2) is 9.63. The summed E-state index contributed by atoms with van der Waals surface area (Å²) in [4.78, 5) is 45.8. The molecule has 3 aliphatic rings. The third-order valence-corrected chi connectivity index (χ3v) is 7.37. The number of hydrogen-bond acceptors (Lipinski definition) is 5. The first-order valence-electron chi connectivity index (χ1n) is 13.1. The number of rotatable bonds is 3. The number of nitrogens with zero attached hydrogens (tertiary/aromatic N) is 3. The summed E-state index contributed by atoms with van der Waals surface area (Å²) in [6, 6.07) is 12.2. The lowest BCUT2D eigenvalue weighted by molar-refractivity contribution is -0.0503.